The van der Waals surface area contributed by atoms with Gasteiger partial charge < -0.3 is 10.2 Å². The number of benzene rings is 2. The van der Waals surface area contributed by atoms with Gasteiger partial charge in [0.1, 0.15) is 18.2 Å². The molecule has 2 heterocycles. The first-order valence-corrected chi connectivity index (χ1v) is 11.3. The number of nitrogens with one attached hydrogen (secondary N) is 1. The Kier molecular flexibility index (Phi) is 6.21. The van der Waals surface area contributed by atoms with Gasteiger partial charge in [-0.3, -0.25) is 9.59 Å². The number of fused-ring (bicyclic) bond motifs is 1. The van der Waals surface area contributed by atoms with Gasteiger partial charge in [0.05, 0.1) is 37.9 Å². The lowest BCUT2D eigenvalue weighted by Crippen LogP contribution is -2.38. The van der Waals surface area contributed by atoms with Gasteiger partial charge in [-0.1, -0.05) is 0 Å². The van der Waals surface area contributed by atoms with E-state index in [-0.39, 0.29) is 24.6 Å². The maximum atomic E-state index is 13.9. The quantitative estimate of drug-likeness (QED) is 0.468. The molecule has 1 aliphatic heterocycles. The second-order valence-corrected chi connectivity index (χ2v) is 9.88. The number of aryl methyl sites for hydroxylation is 2. The Bertz CT molecular complexity index is 1270. The van der Waals surface area contributed by atoms with Crippen molar-refractivity contribution < 1.29 is 18.4 Å². The van der Waals surface area contributed by atoms with E-state index in [2.05, 4.69) is 21.2 Å². The number of anilines is 2. The number of nitrogens with zero attached hydrogens (tertiary/aromatic N) is 2. The van der Waals surface area contributed by atoms with E-state index in [0.29, 0.717) is 17.1 Å². The van der Waals surface area contributed by atoms with E-state index in [1.54, 1.807) is 0 Å². The molecule has 1 aliphatic rings. The molecule has 5 nitrogen and oxygen atoms in total. The molecule has 0 bridgehead atoms. The second kappa shape index (κ2) is 8.91. The van der Waals surface area contributed by atoms with Crippen LogP contribution < -0.4 is 10.2 Å². The lowest BCUT2D eigenvalue weighted by atomic mass is 10.1. The van der Waals surface area contributed by atoms with Crippen LogP contribution in [0.2, 0.25) is 0 Å². The minimum atomic E-state index is -0.761. The predicted octanol–water partition coefficient (Wildman–Crippen LogP) is 5.90. The molecule has 0 saturated heterocycles. The van der Waals surface area contributed by atoms with Crippen LogP contribution in [0.4, 0.5) is 25.8 Å². The smallest absolute Gasteiger partial charge is 0.244 e. The topological polar surface area (TPSA) is 61.8 Å². The average Bonchev–Trinajstić information content (AvgIpc) is 3.12. The van der Waals surface area contributed by atoms with E-state index in [9.17, 15) is 18.4 Å². The summed E-state index contributed by atoms with van der Waals surface area (Å²) in [6.45, 7) is 3.50. The van der Waals surface area contributed by atoms with Crippen molar-refractivity contribution >= 4 is 61.9 Å². The summed E-state index contributed by atoms with van der Waals surface area (Å²) in [4.78, 5) is 32.8. The number of carbonyl (C=O) groups excluding carboxylic acids is 2. The van der Waals surface area contributed by atoms with Crippen LogP contribution in [0.5, 0.6) is 0 Å². The molecule has 9 heteroatoms. The maximum Gasteiger partial charge on any atom is 0.244 e. The zero-order valence-electron chi connectivity index (χ0n) is 17.2. The first kappa shape index (κ1) is 22.3. The lowest BCUT2D eigenvalue weighted by Gasteiger charge is -2.23. The number of hydrogen-bond acceptors (Lipinski definition) is 4. The summed E-state index contributed by atoms with van der Waals surface area (Å²) < 4.78 is 28.3. The van der Waals surface area contributed by atoms with Gasteiger partial charge in [-0.25, -0.2) is 13.8 Å². The van der Waals surface area contributed by atoms with Gasteiger partial charge in [-0.05, 0) is 77.3 Å². The fourth-order valence-corrected chi connectivity index (χ4v) is 4.73. The largest absolute Gasteiger partial charge is 0.322 e. The Hall–Kier alpha value is -2.91. The van der Waals surface area contributed by atoms with Crippen molar-refractivity contribution in [3.8, 4) is 0 Å². The number of amides is 2. The molecule has 0 saturated carbocycles. The number of thiophene rings is 1. The maximum absolute atomic E-state index is 13.9. The van der Waals surface area contributed by atoms with Crippen LogP contribution in [-0.4, -0.2) is 24.1 Å². The third-order valence-electron chi connectivity index (χ3n) is 5.12. The van der Waals surface area contributed by atoms with Crippen molar-refractivity contribution in [2.45, 2.75) is 20.3 Å². The van der Waals surface area contributed by atoms with Crippen molar-refractivity contribution in [3.05, 3.63) is 73.9 Å². The van der Waals surface area contributed by atoms with E-state index in [1.807, 2.05) is 38.1 Å². The molecule has 0 aliphatic carbocycles. The molecule has 3 aromatic rings. The van der Waals surface area contributed by atoms with Gasteiger partial charge in [0.15, 0.2) is 0 Å². The molecule has 0 radical (unpaired) electrons. The standard InChI is InChI=1S/C23H18BrF2N3O2S/c1-12-7-17-19(8-13(12)2)29(11-22(30)28-16-9-14(25)3-4-15(16)26)23(31)10-18(27-17)20-5-6-21(24)32-20/h3-9H,10-11H2,1-2H3,(H,28,30). The fraction of sp³-hybridized carbons (Fsp3) is 0.174. The van der Waals surface area contributed by atoms with Crippen molar-refractivity contribution in [3.63, 3.8) is 0 Å². The van der Waals surface area contributed by atoms with Crippen LogP contribution in [0.15, 0.2) is 51.2 Å². The molecule has 32 heavy (non-hydrogen) atoms. The number of rotatable bonds is 4. The summed E-state index contributed by atoms with van der Waals surface area (Å²) in [5.41, 5.74) is 3.34. The first-order chi connectivity index (χ1) is 15.2. The molecule has 0 fully saturated rings. The third-order valence-corrected chi connectivity index (χ3v) is 6.79. The van der Waals surface area contributed by atoms with Crippen molar-refractivity contribution in [2.75, 3.05) is 16.8 Å². The molecule has 1 aromatic heterocycles. The number of aliphatic imine (C=N–C) groups is 1. The Morgan fingerprint density at radius 1 is 1.16 bits per heavy atom. The zero-order chi connectivity index (χ0) is 23.0. The summed E-state index contributed by atoms with van der Waals surface area (Å²) in [5, 5.41) is 2.35. The van der Waals surface area contributed by atoms with Crippen molar-refractivity contribution in [2.24, 2.45) is 4.99 Å². The predicted molar refractivity (Wildman–Crippen MR) is 126 cm³/mol. The van der Waals surface area contributed by atoms with Crippen molar-refractivity contribution in [1.82, 2.24) is 0 Å². The lowest BCUT2D eigenvalue weighted by molar-refractivity contribution is -0.120. The van der Waals surface area contributed by atoms with Gasteiger partial charge in [0.25, 0.3) is 0 Å². The van der Waals surface area contributed by atoms with E-state index < -0.39 is 17.5 Å². The Labute approximate surface area is 195 Å². The summed E-state index contributed by atoms with van der Waals surface area (Å²) >= 11 is 4.90. The van der Waals surface area contributed by atoms with Crippen molar-refractivity contribution in [1.29, 1.82) is 0 Å². The third kappa shape index (κ3) is 4.63. The van der Waals surface area contributed by atoms with Crippen LogP contribution in [0.3, 0.4) is 0 Å². The van der Waals surface area contributed by atoms with E-state index in [1.165, 1.54) is 16.2 Å². The van der Waals surface area contributed by atoms with Gasteiger partial charge in [0, 0.05) is 6.07 Å². The molecule has 2 aromatic carbocycles. The van der Waals surface area contributed by atoms with Crippen LogP contribution in [-0.2, 0) is 9.59 Å². The number of halogens is 3. The minimum absolute atomic E-state index is 0.00132. The highest BCUT2D eigenvalue weighted by Gasteiger charge is 2.28. The first-order valence-electron chi connectivity index (χ1n) is 9.71. The average molecular weight is 518 g/mol. The molecule has 0 atom stereocenters. The zero-order valence-corrected chi connectivity index (χ0v) is 19.6. The minimum Gasteiger partial charge on any atom is -0.322 e. The second-order valence-electron chi connectivity index (χ2n) is 7.42. The summed E-state index contributed by atoms with van der Waals surface area (Å²) in [5.74, 6) is -2.40. The van der Waals surface area contributed by atoms with Gasteiger partial charge in [0.2, 0.25) is 11.8 Å². The Morgan fingerprint density at radius 3 is 2.62 bits per heavy atom. The molecule has 1 N–H and O–H groups in total. The highest BCUT2D eigenvalue weighted by molar-refractivity contribution is 9.11. The molecule has 0 spiro atoms. The van der Waals surface area contributed by atoms with E-state index in [0.717, 1.165) is 38.0 Å². The molecule has 164 valence electrons. The highest BCUT2D eigenvalue weighted by atomic mass is 79.9. The van der Waals surface area contributed by atoms with Crippen LogP contribution in [0.1, 0.15) is 22.4 Å². The molecular formula is C23H18BrF2N3O2S. The van der Waals surface area contributed by atoms with Gasteiger partial charge in [-0.15, -0.1) is 11.3 Å². The summed E-state index contributed by atoms with van der Waals surface area (Å²) in [6, 6.07) is 10.3. The van der Waals surface area contributed by atoms with Crippen LogP contribution in [0, 0.1) is 25.5 Å². The molecule has 4 rings (SSSR count). The Balaban J connectivity index is 1.68. The van der Waals surface area contributed by atoms with Crippen LogP contribution >= 0.6 is 27.3 Å². The van der Waals surface area contributed by atoms with E-state index in [4.69, 9.17) is 4.99 Å². The molecular weight excluding hydrogens is 500 g/mol. The highest BCUT2D eigenvalue weighted by Crippen LogP contribution is 2.36. The van der Waals surface area contributed by atoms with Gasteiger partial charge in [-0.2, -0.15) is 0 Å². The Morgan fingerprint density at radius 2 is 1.91 bits per heavy atom. The monoisotopic (exact) mass is 517 g/mol. The fourth-order valence-electron chi connectivity index (χ4n) is 3.36. The molecule has 2 amide bonds. The van der Waals surface area contributed by atoms with Crippen LogP contribution in [0.25, 0.3) is 0 Å². The SMILES string of the molecule is Cc1cc2c(cc1C)N(CC(=O)Nc1cc(F)ccc1F)C(=O)CC(c1ccc(Br)s1)=N2. The van der Waals surface area contributed by atoms with Gasteiger partial charge >= 0.3 is 0 Å². The normalized spacial score (nSPS) is 13.5. The summed E-state index contributed by atoms with van der Waals surface area (Å²) in [6.07, 6.45) is 0.00132. The molecule has 0 unspecified atom stereocenters. The van der Waals surface area contributed by atoms with E-state index >= 15 is 0 Å². The number of carbonyl (C=O) groups is 2. The number of hydrogen-bond donors (Lipinski definition) is 1. The summed E-state index contributed by atoms with van der Waals surface area (Å²) in [7, 11) is 0.